The standard InChI is InChI=1S/C25H25F12NOSi/c1-40(2)39-21(20-4-3-5-38-20)12-19(13-6-15(22(26,27)28)10-16(7-13)23(29,30)31)14-8-17(24(32,33)34)11-18(9-14)25(35,36)37/h6-11,19-21,38,40H,3-5,12H2,1-2H3. The summed E-state index contributed by atoms with van der Waals surface area (Å²) in [4.78, 5) is 0. The van der Waals surface area contributed by atoms with Gasteiger partial charge < -0.3 is 9.74 Å². The summed E-state index contributed by atoms with van der Waals surface area (Å²) < 4.78 is 170. The number of halogens is 12. The molecule has 0 amide bonds. The molecular formula is C25H25F12NOSi. The fourth-order valence-electron chi connectivity index (χ4n) is 4.75. The summed E-state index contributed by atoms with van der Waals surface area (Å²) in [6, 6.07) is 0.582. The second-order valence-corrected chi connectivity index (χ2v) is 12.3. The summed E-state index contributed by atoms with van der Waals surface area (Å²) in [5, 5.41) is 3.09. The minimum absolute atomic E-state index is 0.151. The first-order chi connectivity index (χ1) is 18.2. The van der Waals surface area contributed by atoms with E-state index < -0.39 is 91.6 Å². The molecule has 1 aliphatic rings. The highest BCUT2D eigenvalue weighted by Gasteiger charge is 2.41. The fraction of sp³-hybridized carbons (Fsp3) is 0.520. The fourth-order valence-corrected chi connectivity index (χ4v) is 5.75. The van der Waals surface area contributed by atoms with Gasteiger partial charge >= 0.3 is 24.7 Å². The molecule has 0 bridgehead atoms. The number of alkyl halides is 12. The van der Waals surface area contributed by atoms with Gasteiger partial charge in [-0.25, -0.2) is 0 Å². The Morgan fingerprint density at radius 3 is 1.35 bits per heavy atom. The normalized spacial score (nSPS) is 18.1. The molecule has 2 aromatic rings. The van der Waals surface area contributed by atoms with E-state index in [1.165, 1.54) is 0 Å². The summed E-state index contributed by atoms with van der Waals surface area (Å²) in [5.74, 6) is -1.73. The molecule has 0 spiro atoms. The van der Waals surface area contributed by atoms with E-state index in [0.29, 0.717) is 43.7 Å². The van der Waals surface area contributed by atoms with Crippen LogP contribution in [-0.2, 0) is 29.1 Å². The van der Waals surface area contributed by atoms with Gasteiger partial charge in [-0.3, -0.25) is 0 Å². The monoisotopic (exact) mass is 611 g/mol. The average Bonchev–Trinajstić information content (AvgIpc) is 3.33. The highest BCUT2D eigenvalue weighted by molar-refractivity contribution is 6.48. The van der Waals surface area contributed by atoms with Crippen molar-refractivity contribution in [3.63, 3.8) is 0 Å². The Labute approximate surface area is 223 Å². The Morgan fingerprint density at radius 2 is 1.07 bits per heavy atom. The summed E-state index contributed by atoms with van der Waals surface area (Å²) in [6.45, 7) is 3.97. The van der Waals surface area contributed by atoms with Crippen molar-refractivity contribution in [2.75, 3.05) is 6.54 Å². The molecule has 2 nitrogen and oxygen atoms in total. The Morgan fingerprint density at radius 1 is 0.700 bits per heavy atom. The molecule has 15 heteroatoms. The average molecular weight is 612 g/mol. The van der Waals surface area contributed by atoms with E-state index in [0.717, 1.165) is 0 Å². The number of hydrogen-bond acceptors (Lipinski definition) is 2. The maximum Gasteiger partial charge on any atom is 0.416 e. The second kappa shape index (κ2) is 11.5. The smallest absolute Gasteiger partial charge is 0.416 e. The van der Waals surface area contributed by atoms with Crippen molar-refractivity contribution in [2.24, 2.45) is 0 Å². The number of rotatable bonds is 7. The van der Waals surface area contributed by atoms with Crippen molar-refractivity contribution < 1.29 is 57.1 Å². The number of hydrogen-bond donors (Lipinski definition) is 1. The highest BCUT2D eigenvalue weighted by atomic mass is 28.3. The minimum Gasteiger partial charge on any atom is -0.416 e. The maximum absolute atomic E-state index is 13.6. The lowest BCUT2D eigenvalue weighted by molar-refractivity contribution is -0.144. The third-order valence-corrected chi connectivity index (χ3v) is 7.38. The van der Waals surface area contributed by atoms with Crippen molar-refractivity contribution in [3.8, 4) is 0 Å². The van der Waals surface area contributed by atoms with E-state index in [-0.39, 0.29) is 12.1 Å². The van der Waals surface area contributed by atoms with Gasteiger partial charge in [-0.1, -0.05) is 0 Å². The zero-order chi connectivity index (χ0) is 30.3. The molecule has 1 heterocycles. The van der Waals surface area contributed by atoms with Crippen LogP contribution in [0.5, 0.6) is 0 Å². The van der Waals surface area contributed by atoms with Crippen LogP contribution in [0.1, 0.15) is 58.6 Å². The molecular weight excluding hydrogens is 586 g/mol. The summed E-state index contributed by atoms with van der Waals surface area (Å²) in [6.07, 6.45) is -21.3. The summed E-state index contributed by atoms with van der Waals surface area (Å²) in [7, 11) is -1.94. The first-order valence-electron chi connectivity index (χ1n) is 12.1. The van der Waals surface area contributed by atoms with Crippen LogP contribution in [0.2, 0.25) is 13.1 Å². The van der Waals surface area contributed by atoms with E-state index >= 15 is 0 Å². The van der Waals surface area contributed by atoms with Gasteiger partial charge in [-0.2, -0.15) is 52.7 Å². The third kappa shape index (κ3) is 8.15. The van der Waals surface area contributed by atoms with Gasteiger partial charge in [0.25, 0.3) is 0 Å². The predicted molar refractivity (Wildman–Crippen MR) is 124 cm³/mol. The van der Waals surface area contributed by atoms with Crippen LogP contribution in [0.3, 0.4) is 0 Å². The van der Waals surface area contributed by atoms with Crippen LogP contribution in [0.15, 0.2) is 36.4 Å². The van der Waals surface area contributed by atoms with Gasteiger partial charge in [0.15, 0.2) is 9.04 Å². The molecule has 2 aromatic carbocycles. The van der Waals surface area contributed by atoms with Gasteiger partial charge in [0, 0.05) is 12.0 Å². The van der Waals surface area contributed by atoms with E-state index in [4.69, 9.17) is 4.43 Å². The van der Waals surface area contributed by atoms with Crippen LogP contribution in [0.25, 0.3) is 0 Å². The topological polar surface area (TPSA) is 21.3 Å². The molecule has 2 atom stereocenters. The minimum atomic E-state index is -5.28. The van der Waals surface area contributed by atoms with Crippen molar-refractivity contribution in [1.82, 2.24) is 5.32 Å². The molecule has 1 aliphatic heterocycles. The lowest BCUT2D eigenvalue weighted by Crippen LogP contribution is -2.40. The van der Waals surface area contributed by atoms with Crippen molar-refractivity contribution in [1.29, 1.82) is 0 Å². The molecule has 0 saturated carbocycles. The predicted octanol–water partition coefficient (Wildman–Crippen LogP) is 8.40. The highest BCUT2D eigenvalue weighted by Crippen LogP contribution is 2.44. The SMILES string of the molecule is C[SiH](C)OC(CC(c1cc(C(F)(F)F)cc(C(F)(F)F)c1)c1cc(C(F)(F)F)cc(C(F)(F)F)c1)C1CCCN1. The van der Waals surface area contributed by atoms with Crippen LogP contribution in [0, 0.1) is 0 Å². The first kappa shape index (κ1) is 32.3. The molecule has 1 N–H and O–H groups in total. The Hall–Kier alpha value is -2.26. The third-order valence-electron chi connectivity index (χ3n) is 6.49. The van der Waals surface area contributed by atoms with Gasteiger partial charge in [0.1, 0.15) is 0 Å². The largest absolute Gasteiger partial charge is 0.416 e. The van der Waals surface area contributed by atoms with Crippen LogP contribution < -0.4 is 5.32 Å². The van der Waals surface area contributed by atoms with E-state index in [2.05, 4.69) is 5.32 Å². The molecule has 1 fully saturated rings. The molecule has 0 aromatic heterocycles. The van der Waals surface area contributed by atoms with Crippen LogP contribution in [-0.4, -0.2) is 27.7 Å². The van der Waals surface area contributed by atoms with Gasteiger partial charge in [-0.15, -0.1) is 0 Å². The van der Waals surface area contributed by atoms with Gasteiger partial charge in [0.05, 0.1) is 28.4 Å². The lowest BCUT2D eigenvalue weighted by Gasteiger charge is -2.31. The van der Waals surface area contributed by atoms with Gasteiger partial charge in [-0.05, 0) is 86.4 Å². The zero-order valence-corrected chi connectivity index (χ0v) is 22.2. The lowest BCUT2D eigenvalue weighted by atomic mass is 9.82. The Kier molecular flexibility index (Phi) is 9.31. The molecule has 0 radical (unpaired) electrons. The van der Waals surface area contributed by atoms with E-state index in [1.54, 1.807) is 13.1 Å². The molecule has 2 unspecified atom stereocenters. The van der Waals surface area contributed by atoms with Crippen LogP contribution in [0.4, 0.5) is 52.7 Å². The van der Waals surface area contributed by atoms with E-state index in [9.17, 15) is 52.7 Å². The van der Waals surface area contributed by atoms with Crippen LogP contribution >= 0.6 is 0 Å². The Bertz CT molecular complexity index is 1020. The summed E-state index contributed by atoms with van der Waals surface area (Å²) in [5.41, 5.74) is -8.40. The van der Waals surface area contributed by atoms with E-state index in [1.807, 2.05) is 0 Å². The molecule has 3 rings (SSSR count). The molecule has 224 valence electrons. The second-order valence-electron chi connectivity index (χ2n) is 9.89. The Balaban J connectivity index is 2.32. The maximum atomic E-state index is 13.6. The first-order valence-corrected chi connectivity index (χ1v) is 14.9. The molecule has 0 aliphatic carbocycles. The van der Waals surface area contributed by atoms with Crippen molar-refractivity contribution in [2.45, 2.75) is 75.1 Å². The quantitative estimate of drug-likeness (QED) is 0.251. The number of benzene rings is 2. The molecule has 1 saturated heterocycles. The summed E-state index contributed by atoms with van der Waals surface area (Å²) >= 11 is 0. The van der Waals surface area contributed by atoms with Crippen molar-refractivity contribution >= 4 is 9.04 Å². The van der Waals surface area contributed by atoms with Gasteiger partial charge in [0.2, 0.25) is 0 Å². The zero-order valence-electron chi connectivity index (χ0n) is 21.0. The molecule has 40 heavy (non-hydrogen) atoms. The number of nitrogens with one attached hydrogen (secondary N) is 1. The van der Waals surface area contributed by atoms with Crippen molar-refractivity contribution in [3.05, 3.63) is 69.8 Å².